The van der Waals surface area contributed by atoms with E-state index in [-0.39, 0.29) is 36.6 Å². The van der Waals surface area contributed by atoms with Crippen molar-refractivity contribution in [3.05, 3.63) is 52.4 Å². The number of likely N-dealkylation sites (tertiary alicyclic amines) is 1. The lowest BCUT2D eigenvalue weighted by molar-refractivity contribution is -0.133. The van der Waals surface area contributed by atoms with Crippen LogP contribution in [-0.2, 0) is 11.2 Å². The van der Waals surface area contributed by atoms with Gasteiger partial charge in [0.1, 0.15) is 18.3 Å². The third-order valence-electron chi connectivity index (χ3n) is 7.37. The third kappa shape index (κ3) is 6.01. The first-order valence-electron chi connectivity index (χ1n) is 12.0. The Morgan fingerprint density at radius 3 is 2.46 bits per heavy atom. The molecule has 35 heavy (non-hydrogen) atoms. The minimum Gasteiger partial charge on any atom is -0.353 e. The molecule has 0 radical (unpaired) electrons. The van der Waals surface area contributed by atoms with Crippen molar-refractivity contribution in [3.63, 3.8) is 0 Å². The Bertz CT molecular complexity index is 1000. The summed E-state index contributed by atoms with van der Waals surface area (Å²) in [6.07, 6.45) is 3.56. The zero-order valence-electron chi connectivity index (χ0n) is 19.9. The molecule has 1 aromatic carbocycles. The fourth-order valence-electron chi connectivity index (χ4n) is 5.46. The van der Waals surface area contributed by atoms with Gasteiger partial charge in [0.15, 0.2) is 0 Å². The molecule has 6 nitrogen and oxygen atoms in total. The summed E-state index contributed by atoms with van der Waals surface area (Å²) in [7, 11) is 0. The Balaban J connectivity index is 0.00000171. The number of nitrogens with zero attached hydrogens (tertiary/aromatic N) is 5. The second-order valence-electron chi connectivity index (χ2n) is 9.56. The number of benzene rings is 1. The monoisotopic (exact) mass is 543 g/mol. The van der Waals surface area contributed by atoms with Gasteiger partial charge in [-0.3, -0.25) is 9.69 Å². The predicted octanol–water partition coefficient (Wildman–Crippen LogP) is 4.50. The first-order chi connectivity index (χ1) is 16.0. The Morgan fingerprint density at radius 1 is 1.09 bits per heavy atom. The topological polar surface area (TPSA) is 52.6 Å². The zero-order chi connectivity index (χ0) is 22.9. The number of halogens is 4. The summed E-state index contributed by atoms with van der Waals surface area (Å²) in [5, 5.41) is 0.648. The van der Waals surface area contributed by atoms with Gasteiger partial charge < -0.3 is 9.80 Å². The van der Waals surface area contributed by atoms with Crippen molar-refractivity contribution < 1.29 is 9.18 Å². The van der Waals surface area contributed by atoms with Crippen molar-refractivity contribution in [2.45, 2.75) is 44.2 Å². The summed E-state index contributed by atoms with van der Waals surface area (Å²) in [6, 6.07) is 7.51. The Labute approximate surface area is 224 Å². The van der Waals surface area contributed by atoms with E-state index in [1.54, 1.807) is 6.33 Å². The van der Waals surface area contributed by atoms with Crippen LogP contribution < -0.4 is 4.90 Å². The van der Waals surface area contributed by atoms with E-state index in [4.69, 9.17) is 11.6 Å². The van der Waals surface area contributed by atoms with Crippen molar-refractivity contribution in [2.75, 3.05) is 50.7 Å². The number of carbonyl (C=O) groups excluding carboxylic acids is 1. The molecule has 3 atom stereocenters. The summed E-state index contributed by atoms with van der Waals surface area (Å²) < 4.78 is 13.8. The molecule has 2 aromatic rings. The zero-order valence-corrected chi connectivity index (χ0v) is 22.3. The van der Waals surface area contributed by atoms with Gasteiger partial charge >= 0.3 is 0 Å². The lowest BCUT2D eigenvalue weighted by atomic mass is 9.96. The number of aromatic nitrogens is 2. The normalized spacial score (nSPS) is 22.8. The molecule has 3 unspecified atom stereocenters. The largest absolute Gasteiger partial charge is 0.353 e. The minimum atomic E-state index is -0.800. The molecule has 5 rings (SSSR count). The molecule has 0 spiro atoms. The minimum absolute atomic E-state index is 0. The van der Waals surface area contributed by atoms with Gasteiger partial charge in [-0.1, -0.05) is 30.7 Å². The van der Waals surface area contributed by atoms with Crippen LogP contribution in [0.5, 0.6) is 0 Å². The molecule has 1 aliphatic carbocycles. The average Bonchev–Trinajstić information content (AvgIpc) is 3.43. The number of amides is 1. The molecule has 2 saturated heterocycles. The van der Waals surface area contributed by atoms with E-state index >= 15 is 0 Å². The van der Waals surface area contributed by atoms with Crippen molar-refractivity contribution >= 4 is 48.1 Å². The van der Waals surface area contributed by atoms with E-state index in [0.717, 1.165) is 37.3 Å². The predicted molar refractivity (Wildman–Crippen MR) is 142 cm³/mol. The van der Waals surface area contributed by atoms with Crippen LogP contribution in [0.1, 0.15) is 48.4 Å². The number of hydrogen-bond acceptors (Lipinski definition) is 5. The Kier molecular flexibility index (Phi) is 9.60. The maximum absolute atomic E-state index is 13.8. The van der Waals surface area contributed by atoms with Crippen LogP contribution in [0.4, 0.5) is 10.2 Å². The van der Waals surface area contributed by atoms with Crippen LogP contribution in [0, 0.1) is 0 Å². The second kappa shape index (κ2) is 12.0. The third-order valence-corrected chi connectivity index (χ3v) is 7.62. The molecule has 0 N–H and O–H groups in total. The number of aryl methyl sites for hydroxylation is 1. The number of rotatable bonds is 5. The molecular weight excluding hydrogens is 512 g/mol. The Hall–Kier alpha value is -1.67. The van der Waals surface area contributed by atoms with Crippen LogP contribution in [0.2, 0.25) is 5.02 Å². The van der Waals surface area contributed by atoms with Crippen molar-refractivity contribution in [1.29, 1.82) is 0 Å². The smallest absolute Gasteiger partial charge is 0.231 e. The molecule has 1 aromatic heterocycles. The summed E-state index contributed by atoms with van der Waals surface area (Å²) >= 11 is 6.09. The molecule has 3 heterocycles. The van der Waals surface area contributed by atoms with Crippen molar-refractivity contribution in [3.8, 4) is 0 Å². The van der Waals surface area contributed by atoms with Crippen molar-refractivity contribution in [2.24, 2.45) is 0 Å². The molecule has 0 bridgehead atoms. The average molecular weight is 545 g/mol. The van der Waals surface area contributed by atoms with Gasteiger partial charge in [0.2, 0.25) is 5.91 Å². The summed E-state index contributed by atoms with van der Waals surface area (Å²) in [5.41, 5.74) is 3.40. The highest BCUT2D eigenvalue weighted by molar-refractivity contribution is 6.30. The van der Waals surface area contributed by atoms with Crippen LogP contribution in [-0.4, -0.2) is 77.7 Å². The molecule has 192 valence electrons. The van der Waals surface area contributed by atoms with Crippen LogP contribution >= 0.6 is 36.4 Å². The highest BCUT2D eigenvalue weighted by atomic mass is 35.5. The number of hydrogen-bond donors (Lipinski definition) is 0. The van der Waals surface area contributed by atoms with E-state index in [1.165, 1.54) is 11.3 Å². The maximum atomic E-state index is 13.8. The molecule has 10 heteroatoms. The van der Waals surface area contributed by atoms with Gasteiger partial charge in [-0.15, -0.1) is 24.8 Å². The highest BCUT2D eigenvalue weighted by Crippen LogP contribution is 2.37. The summed E-state index contributed by atoms with van der Waals surface area (Å²) in [4.78, 5) is 29.1. The molecular formula is C25H33Cl3FN5O. The van der Waals surface area contributed by atoms with Crippen LogP contribution in [0.25, 0.3) is 0 Å². The number of alkyl halides is 1. The standard InChI is InChI=1S/C25H31ClFN5O.2ClH/c1-17-2-7-22-23(17)24(29-16-28-22)31-10-12-32(13-11-31)25(33)21(15-30-9-8-20(27)14-30)18-3-5-19(26)6-4-18;;/h3-6,16-17,20-21H,2,7-15H2,1H3;2*1H. The van der Waals surface area contributed by atoms with Gasteiger partial charge in [0.25, 0.3) is 0 Å². The number of carbonyl (C=O) groups is 1. The van der Waals surface area contributed by atoms with Crippen molar-refractivity contribution in [1.82, 2.24) is 19.8 Å². The fraction of sp³-hybridized carbons (Fsp3) is 0.560. The molecule has 2 aliphatic heterocycles. The van der Waals surface area contributed by atoms with E-state index < -0.39 is 6.17 Å². The maximum Gasteiger partial charge on any atom is 0.231 e. The fourth-order valence-corrected chi connectivity index (χ4v) is 5.59. The van der Waals surface area contributed by atoms with Crippen LogP contribution in [0.3, 0.4) is 0 Å². The van der Waals surface area contributed by atoms with Crippen LogP contribution in [0.15, 0.2) is 30.6 Å². The van der Waals surface area contributed by atoms with Gasteiger partial charge in [-0.25, -0.2) is 14.4 Å². The van der Waals surface area contributed by atoms with Gasteiger partial charge in [0.05, 0.1) is 5.92 Å². The summed E-state index contributed by atoms with van der Waals surface area (Å²) in [5.74, 6) is 1.31. The molecule has 1 amide bonds. The van der Waals surface area contributed by atoms with E-state index in [0.29, 0.717) is 50.1 Å². The lowest BCUT2D eigenvalue weighted by Crippen LogP contribution is -2.51. The van der Waals surface area contributed by atoms with E-state index in [1.807, 2.05) is 29.2 Å². The first-order valence-corrected chi connectivity index (χ1v) is 12.4. The van der Waals surface area contributed by atoms with Gasteiger partial charge in [0, 0.05) is 62.1 Å². The summed E-state index contributed by atoms with van der Waals surface area (Å²) in [6.45, 7) is 6.71. The first kappa shape index (κ1) is 27.9. The number of anilines is 1. The molecule has 0 saturated carbocycles. The van der Waals surface area contributed by atoms with Gasteiger partial charge in [-0.05, 0) is 42.9 Å². The van der Waals surface area contributed by atoms with Gasteiger partial charge in [-0.2, -0.15) is 0 Å². The SMILES string of the molecule is CC1CCc2ncnc(N3CCN(C(=O)C(CN4CCC(F)C4)c4ccc(Cl)cc4)CC3)c21.Cl.Cl. The second-order valence-corrected chi connectivity index (χ2v) is 10.00. The number of fused-ring (bicyclic) bond motifs is 1. The molecule has 2 fully saturated rings. The van der Waals surface area contributed by atoms with E-state index in [9.17, 15) is 9.18 Å². The quantitative estimate of drug-likeness (QED) is 0.555. The van der Waals surface area contributed by atoms with E-state index in [2.05, 4.69) is 26.7 Å². The lowest BCUT2D eigenvalue weighted by Gasteiger charge is -2.38. The highest BCUT2D eigenvalue weighted by Gasteiger charge is 2.34. The number of piperazine rings is 1. The Morgan fingerprint density at radius 2 is 1.80 bits per heavy atom. The molecule has 3 aliphatic rings.